The number of benzene rings is 5. The molecule has 4 aliphatic heterocycles. The second kappa shape index (κ2) is 27.0. The van der Waals surface area contributed by atoms with Crippen molar-refractivity contribution >= 4 is 5.78 Å². The van der Waals surface area contributed by atoms with Gasteiger partial charge < -0.3 is 18.3 Å². The van der Waals surface area contributed by atoms with E-state index in [4.69, 9.17) is 18.3 Å². The molecule has 0 aliphatic carbocycles. The zero-order valence-corrected chi connectivity index (χ0v) is 45.6. The smallest absolute Gasteiger partial charge is 0.241 e. The fraction of sp³-hybridized carbons (Fsp3) is 0.413. The molecule has 3 saturated heterocycles. The second-order valence-electron chi connectivity index (χ2n) is 21.5. The molecular formula is C63H74N10O5. The van der Waals surface area contributed by atoms with E-state index in [-0.39, 0.29) is 11.7 Å². The third-order valence-corrected chi connectivity index (χ3v) is 15.5. The maximum Gasteiger partial charge on any atom is 0.241 e. The summed E-state index contributed by atoms with van der Waals surface area (Å²) in [6.45, 7) is 16.8. The van der Waals surface area contributed by atoms with Gasteiger partial charge in [0.2, 0.25) is 29.3 Å². The minimum absolute atomic E-state index is 0.147. The van der Waals surface area contributed by atoms with Crippen LogP contribution in [0.2, 0.25) is 0 Å². The van der Waals surface area contributed by atoms with Crippen LogP contribution in [0, 0.1) is 19.8 Å². The minimum atomic E-state index is 0.147. The normalized spacial score (nSPS) is 17.9. The number of carbonyl (C=O) groups is 1. The van der Waals surface area contributed by atoms with Gasteiger partial charge in [0.15, 0.2) is 5.82 Å². The summed E-state index contributed by atoms with van der Waals surface area (Å²) in [6, 6.07) is 46.5. The van der Waals surface area contributed by atoms with Gasteiger partial charge in [0.25, 0.3) is 0 Å². The molecule has 3 aromatic heterocycles. The molecule has 1 unspecified atom stereocenters. The summed E-state index contributed by atoms with van der Waals surface area (Å²) in [5.41, 5.74) is 9.86. The Kier molecular flexibility index (Phi) is 18.8. The molecule has 78 heavy (non-hydrogen) atoms. The summed E-state index contributed by atoms with van der Waals surface area (Å²) in [6.07, 6.45) is 8.77. The molecule has 15 nitrogen and oxygen atoms in total. The van der Waals surface area contributed by atoms with Crippen molar-refractivity contribution in [3.05, 3.63) is 190 Å². The number of aromatic nitrogens is 6. The van der Waals surface area contributed by atoms with Crippen molar-refractivity contribution in [1.29, 1.82) is 0 Å². The predicted octanol–water partition coefficient (Wildman–Crippen LogP) is 10.8. The van der Waals surface area contributed by atoms with Gasteiger partial charge in [-0.25, -0.2) is 0 Å². The van der Waals surface area contributed by atoms with Crippen molar-refractivity contribution < 1.29 is 23.1 Å². The molecule has 0 spiro atoms. The van der Waals surface area contributed by atoms with E-state index in [1.54, 1.807) is 6.92 Å². The average molecular weight is 1050 g/mol. The number of carbonyl (C=O) groups excluding carboxylic acids is 1. The van der Waals surface area contributed by atoms with Crippen molar-refractivity contribution in [1.82, 2.24) is 50.0 Å². The largest absolute Gasteiger partial charge is 0.373 e. The minimum Gasteiger partial charge on any atom is -0.373 e. The van der Waals surface area contributed by atoms with Crippen LogP contribution in [0.25, 0.3) is 22.8 Å². The molecule has 5 aromatic carbocycles. The van der Waals surface area contributed by atoms with Crippen LogP contribution in [0.15, 0.2) is 147 Å². The lowest BCUT2D eigenvalue weighted by atomic mass is 9.95. The second-order valence-corrected chi connectivity index (χ2v) is 21.5. The number of ether oxygens (including phenoxy) is 1. The van der Waals surface area contributed by atoms with Crippen LogP contribution in [0.3, 0.4) is 0 Å². The molecule has 7 heterocycles. The molecule has 12 rings (SSSR count). The number of likely N-dealkylation sites (tertiary alicyclic amines) is 3. The molecule has 15 heteroatoms. The first-order valence-electron chi connectivity index (χ1n) is 28.0. The van der Waals surface area contributed by atoms with Crippen LogP contribution in [0.4, 0.5) is 0 Å². The molecule has 1 atom stereocenters. The first-order chi connectivity index (χ1) is 38.2. The lowest BCUT2D eigenvalue weighted by Crippen LogP contribution is -2.46. The standard InChI is InChI=1S/C24H28N4O.C22H25N3O2.C17H21N3O2/c1-2-6-19(7-3-1)16-23-25-24(29-26-23)18-27-13-11-22(12-14-27)28-15-10-20-8-4-5-9-21(20)17-28;1-17-7-9-19(10-8-17)22-23-21(27-24-22)15-25-13-11-20(12-14-25)26-16-18-5-3-2-4-6-18;1-12-5-7-14(8-6-12)17-18-16(22-19-17)11-20-9-3-4-15(10-20)13(2)21/h1-9,22H,10-18H2;2-10,20H,11-16H2,1H3;5-8,15H,3-4,9-11H2,1-2H3. The van der Waals surface area contributed by atoms with E-state index in [1.165, 1.54) is 59.2 Å². The number of aryl methyl sites for hydroxylation is 2. The highest BCUT2D eigenvalue weighted by Crippen LogP contribution is 2.27. The first-order valence-corrected chi connectivity index (χ1v) is 28.0. The number of Topliss-reactive ketones (excluding diaryl/α,β-unsaturated/α-hetero) is 1. The van der Waals surface area contributed by atoms with E-state index < -0.39 is 0 Å². The van der Waals surface area contributed by atoms with E-state index in [0.29, 0.717) is 55.3 Å². The highest BCUT2D eigenvalue weighted by atomic mass is 16.5. The fourth-order valence-corrected chi connectivity index (χ4v) is 10.9. The summed E-state index contributed by atoms with van der Waals surface area (Å²) in [5.74, 6) is 4.49. The van der Waals surface area contributed by atoms with Crippen molar-refractivity contribution in [2.45, 2.75) is 117 Å². The molecule has 8 aromatic rings. The van der Waals surface area contributed by atoms with Gasteiger partial charge in [0.1, 0.15) is 5.78 Å². The van der Waals surface area contributed by atoms with Crippen LogP contribution in [0.1, 0.15) is 102 Å². The Bertz CT molecular complexity index is 3070. The van der Waals surface area contributed by atoms with Gasteiger partial charge in [-0.1, -0.05) is 160 Å². The van der Waals surface area contributed by atoms with Gasteiger partial charge in [-0.3, -0.25) is 24.4 Å². The number of hydrogen-bond acceptors (Lipinski definition) is 15. The van der Waals surface area contributed by atoms with E-state index in [2.05, 4.69) is 130 Å². The zero-order chi connectivity index (χ0) is 53.5. The molecule has 406 valence electrons. The third-order valence-electron chi connectivity index (χ3n) is 15.5. The average Bonchev–Trinajstić information content (AvgIpc) is 4.28. The molecule has 0 amide bonds. The van der Waals surface area contributed by atoms with Crippen molar-refractivity contribution in [3.63, 3.8) is 0 Å². The fourth-order valence-electron chi connectivity index (χ4n) is 10.9. The highest BCUT2D eigenvalue weighted by Gasteiger charge is 2.29. The molecule has 3 fully saturated rings. The van der Waals surface area contributed by atoms with Crippen molar-refractivity contribution in [2.24, 2.45) is 5.92 Å². The van der Waals surface area contributed by atoms with E-state index >= 15 is 0 Å². The number of rotatable bonds is 15. The van der Waals surface area contributed by atoms with Crippen LogP contribution in [-0.2, 0) is 55.2 Å². The number of fused-ring (bicyclic) bond motifs is 1. The lowest BCUT2D eigenvalue weighted by molar-refractivity contribution is -0.122. The van der Waals surface area contributed by atoms with Gasteiger partial charge >= 0.3 is 0 Å². The van der Waals surface area contributed by atoms with Crippen LogP contribution < -0.4 is 0 Å². The monoisotopic (exact) mass is 1050 g/mol. The molecular weight excluding hydrogens is 977 g/mol. The van der Waals surface area contributed by atoms with Crippen LogP contribution in [0.5, 0.6) is 0 Å². The predicted molar refractivity (Wildman–Crippen MR) is 300 cm³/mol. The Hall–Kier alpha value is -7.01. The van der Waals surface area contributed by atoms with Gasteiger partial charge in [-0.2, -0.15) is 15.0 Å². The Labute approximate surface area is 459 Å². The first kappa shape index (κ1) is 54.3. The molecule has 0 radical (unpaired) electrons. The number of piperidine rings is 3. The van der Waals surface area contributed by atoms with E-state index in [0.717, 1.165) is 107 Å². The summed E-state index contributed by atoms with van der Waals surface area (Å²) < 4.78 is 22.4. The molecule has 0 saturated carbocycles. The van der Waals surface area contributed by atoms with Crippen LogP contribution in [-0.4, -0.2) is 114 Å². The SMILES string of the molecule is CC(=O)C1CCCN(Cc2nc(-c3ccc(C)cc3)no2)C1.Cc1ccc(-c2noc(CN3CCC(OCc4ccccc4)CC3)n2)cc1.c1ccc(Cc2noc(CN3CCC(N4CCc5ccccc5C4)CC3)n2)cc1. The van der Waals surface area contributed by atoms with Gasteiger partial charge in [-0.15, -0.1) is 0 Å². The van der Waals surface area contributed by atoms with Crippen molar-refractivity contribution in [3.8, 4) is 22.8 Å². The van der Waals surface area contributed by atoms with Crippen LogP contribution >= 0.6 is 0 Å². The van der Waals surface area contributed by atoms with Crippen molar-refractivity contribution in [2.75, 3.05) is 45.8 Å². The topological polar surface area (TPSA) is 156 Å². The number of hydrogen-bond donors (Lipinski definition) is 0. The number of nitrogens with zero attached hydrogens (tertiary/aromatic N) is 10. The maximum atomic E-state index is 11.5. The quantitative estimate of drug-likeness (QED) is 0.0955. The summed E-state index contributed by atoms with van der Waals surface area (Å²) in [5, 5.41) is 12.3. The Balaban J connectivity index is 0.000000134. The lowest BCUT2D eigenvalue weighted by Gasteiger charge is -2.40. The summed E-state index contributed by atoms with van der Waals surface area (Å²) in [4.78, 5) is 34.9. The zero-order valence-electron chi connectivity index (χ0n) is 45.6. The van der Waals surface area contributed by atoms with Gasteiger partial charge in [0, 0.05) is 75.3 Å². The Morgan fingerprint density at radius 1 is 0.551 bits per heavy atom. The molecule has 4 aliphatic rings. The van der Waals surface area contributed by atoms with E-state index in [9.17, 15) is 4.79 Å². The summed E-state index contributed by atoms with van der Waals surface area (Å²) >= 11 is 0. The summed E-state index contributed by atoms with van der Waals surface area (Å²) in [7, 11) is 0. The third kappa shape index (κ3) is 15.6. The Morgan fingerprint density at radius 2 is 1.08 bits per heavy atom. The number of ketones is 1. The van der Waals surface area contributed by atoms with E-state index in [1.807, 2.05) is 67.6 Å². The van der Waals surface area contributed by atoms with Gasteiger partial charge in [0.05, 0.1) is 32.3 Å². The Morgan fingerprint density at radius 3 is 1.68 bits per heavy atom. The maximum absolute atomic E-state index is 11.5. The highest BCUT2D eigenvalue weighted by molar-refractivity contribution is 5.78. The van der Waals surface area contributed by atoms with Gasteiger partial charge in [-0.05, 0) is 94.5 Å². The molecule has 0 N–H and O–H groups in total. The molecule has 0 bridgehead atoms.